The molecular weight excluding hydrogens is 340 g/mol. The standard InChI is InChI=1S/C19H19BrO2/c1-4-21-19(14-6-7-14)17-9-13(3)22-11-18(17)16-10-15(20)8-5-12(16)2/h5,8-11H,3-4,6-7H2,1-2H3. The van der Waals surface area contributed by atoms with E-state index in [1.54, 1.807) is 6.26 Å². The van der Waals surface area contributed by atoms with E-state index in [9.17, 15) is 0 Å². The number of hydrogen-bond acceptors (Lipinski definition) is 2. The Labute approximate surface area is 140 Å². The molecule has 1 fully saturated rings. The highest BCUT2D eigenvalue weighted by Crippen LogP contribution is 2.42. The van der Waals surface area contributed by atoms with E-state index in [0.717, 1.165) is 39.8 Å². The molecular formula is C19H19BrO2. The normalized spacial score (nSPS) is 16.7. The van der Waals surface area contributed by atoms with Crippen LogP contribution in [0.4, 0.5) is 0 Å². The Morgan fingerprint density at radius 3 is 2.82 bits per heavy atom. The molecule has 1 aliphatic heterocycles. The number of ether oxygens (including phenoxy) is 2. The topological polar surface area (TPSA) is 18.5 Å². The highest BCUT2D eigenvalue weighted by Gasteiger charge is 2.27. The molecule has 0 N–H and O–H groups in total. The van der Waals surface area contributed by atoms with Crippen LogP contribution >= 0.6 is 15.9 Å². The summed E-state index contributed by atoms with van der Waals surface area (Å²) in [6.07, 6.45) is 6.00. The summed E-state index contributed by atoms with van der Waals surface area (Å²) in [6.45, 7) is 8.71. The molecule has 0 unspecified atom stereocenters. The molecule has 1 heterocycles. The molecule has 0 atom stereocenters. The Balaban J connectivity index is 2.09. The molecule has 0 spiro atoms. The third-order valence-corrected chi connectivity index (χ3v) is 4.26. The predicted octanol–water partition coefficient (Wildman–Crippen LogP) is 5.65. The zero-order chi connectivity index (χ0) is 15.7. The molecule has 3 heteroatoms. The van der Waals surface area contributed by atoms with Crippen LogP contribution < -0.4 is 0 Å². The Kier molecular flexibility index (Phi) is 4.25. The molecule has 2 aliphatic rings. The summed E-state index contributed by atoms with van der Waals surface area (Å²) in [5, 5.41) is 0. The van der Waals surface area contributed by atoms with Gasteiger partial charge in [-0.15, -0.1) is 0 Å². The van der Waals surface area contributed by atoms with E-state index in [1.807, 2.05) is 19.1 Å². The molecule has 0 saturated heterocycles. The summed E-state index contributed by atoms with van der Waals surface area (Å²) in [5.41, 5.74) is 5.85. The fraction of sp³-hybridized carbons (Fsp3) is 0.263. The summed E-state index contributed by atoms with van der Waals surface area (Å²) in [7, 11) is 0. The minimum atomic E-state index is 0.643. The lowest BCUT2D eigenvalue weighted by atomic mass is 9.92. The van der Waals surface area contributed by atoms with Crippen LogP contribution in [-0.2, 0) is 9.47 Å². The van der Waals surface area contributed by atoms with Gasteiger partial charge >= 0.3 is 0 Å². The van der Waals surface area contributed by atoms with Crippen molar-refractivity contribution in [3.05, 3.63) is 75.4 Å². The second-order valence-corrected chi connectivity index (χ2v) is 6.41. The second-order valence-electron chi connectivity index (χ2n) is 5.50. The fourth-order valence-corrected chi connectivity index (χ4v) is 2.92. The van der Waals surface area contributed by atoms with Gasteiger partial charge in [-0.3, -0.25) is 0 Å². The molecule has 1 aliphatic carbocycles. The van der Waals surface area contributed by atoms with E-state index >= 15 is 0 Å². The van der Waals surface area contributed by atoms with Crippen LogP contribution in [0.5, 0.6) is 0 Å². The van der Waals surface area contributed by atoms with E-state index < -0.39 is 0 Å². The Morgan fingerprint density at radius 2 is 2.14 bits per heavy atom. The number of halogens is 1. The van der Waals surface area contributed by atoms with Crippen LogP contribution in [0.1, 0.15) is 30.9 Å². The van der Waals surface area contributed by atoms with E-state index in [-0.39, 0.29) is 0 Å². The average Bonchev–Trinajstić information content (AvgIpc) is 3.32. The summed E-state index contributed by atoms with van der Waals surface area (Å²) >= 11 is 3.56. The molecule has 114 valence electrons. The highest BCUT2D eigenvalue weighted by atomic mass is 79.9. The molecule has 3 rings (SSSR count). The Hall–Kier alpha value is -1.74. The van der Waals surface area contributed by atoms with Gasteiger partial charge in [-0.05, 0) is 61.6 Å². The molecule has 2 nitrogen and oxygen atoms in total. The summed E-state index contributed by atoms with van der Waals surface area (Å²) in [6, 6.07) is 6.27. The minimum absolute atomic E-state index is 0.643. The summed E-state index contributed by atoms with van der Waals surface area (Å²) in [4.78, 5) is 0. The molecule has 1 saturated carbocycles. The van der Waals surface area contributed by atoms with Crippen molar-refractivity contribution >= 4 is 21.5 Å². The number of benzene rings is 1. The molecule has 1 aromatic carbocycles. The van der Waals surface area contributed by atoms with Crippen LogP contribution in [-0.4, -0.2) is 6.61 Å². The SMILES string of the molecule is C=C1C=C(C(OCC)=C2CC2)C(c2cc(Br)ccc2C)=CO1. The van der Waals surface area contributed by atoms with E-state index in [4.69, 9.17) is 9.47 Å². The third kappa shape index (κ3) is 3.05. The van der Waals surface area contributed by atoms with Crippen LogP contribution in [0, 0.1) is 6.92 Å². The molecule has 1 aromatic rings. The summed E-state index contributed by atoms with van der Waals surface area (Å²) in [5.74, 6) is 1.64. The number of allylic oxidation sites excluding steroid dienone is 3. The number of aryl methyl sites for hydroxylation is 1. The Bertz CT molecular complexity index is 717. The quantitative estimate of drug-likeness (QED) is 0.647. The zero-order valence-electron chi connectivity index (χ0n) is 12.9. The molecule has 0 aromatic heterocycles. The van der Waals surface area contributed by atoms with Crippen molar-refractivity contribution in [2.75, 3.05) is 6.61 Å². The first-order valence-corrected chi connectivity index (χ1v) is 8.29. The maximum Gasteiger partial charge on any atom is 0.126 e. The van der Waals surface area contributed by atoms with Gasteiger partial charge < -0.3 is 9.47 Å². The van der Waals surface area contributed by atoms with Crippen molar-refractivity contribution in [3.8, 4) is 0 Å². The fourth-order valence-electron chi connectivity index (χ4n) is 2.56. The zero-order valence-corrected chi connectivity index (χ0v) is 14.5. The van der Waals surface area contributed by atoms with E-state index in [2.05, 4.69) is 41.6 Å². The van der Waals surface area contributed by atoms with Crippen LogP contribution in [0.25, 0.3) is 5.57 Å². The van der Waals surface area contributed by atoms with Crippen LogP contribution in [0.3, 0.4) is 0 Å². The molecule has 0 radical (unpaired) electrons. The first kappa shape index (κ1) is 15.2. The Morgan fingerprint density at radius 1 is 1.36 bits per heavy atom. The van der Waals surface area contributed by atoms with Crippen molar-refractivity contribution in [1.29, 1.82) is 0 Å². The lowest BCUT2D eigenvalue weighted by Crippen LogP contribution is -2.05. The van der Waals surface area contributed by atoms with Crippen molar-refractivity contribution in [2.45, 2.75) is 26.7 Å². The van der Waals surface area contributed by atoms with Crippen molar-refractivity contribution in [1.82, 2.24) is 0 Å². The van der Waals surface area contributed by atoms with Gasteiger partial charge in [0.2, 0.25) is 0 Å². The van der Waals surface area contributed by atoms with Crippen molar-refractivity contribution in [3.63, 3.8) is 0 Å². The van der Waals surface area contributed by atoms with Gasteiger partial charge in [-0.2, -0.15) is 0 Å². The van der Waals surface area contributed by atoms with Gasteiger partial charge in [0.25, 0.3) is 0 Å². The van der Waals surface area contributed by atoms with Gasteiger partial charge in [0, 0.05) is 15.6 Å². The predicted molar refractivity (Wildman–Crippen MR) is 93.1 cm³/mol. The number of rotatable bonds is 4. The average molecular weight is 359 g/mol. The van der Waals surface area contributed by atoms with E-state index in [1.165, 1.54) is 11.1 Å². The molecule has 0 amide bonds. The van der Waals surface area contributed by atoms with Crippen LogP contribution in [0.15, 0.2) is 64.3 Å². The third-order valence-electron chi connectivity index (χ3n) is 3.77. The van der Waals surface area contributed by atoms with Crippen LogP contribution in [0.2, 0.25) is 0 Å². The number of hydrogen-bond donors (Lipinski definition) is 0. The second kappa shape index (κ2) is 6.17. The van der Waals surface area contributed by atoms with Gasteiger partial charge in [0.05, 0.1) is 12.9 Å². The molecule has 0 bridgehead atoms. The first-order chi connectivity index (χ1) is 10.6. The largest absolute Gasteiger partial charge is 0.493 e. The monoisotopic (exact) mass is 358 g/mol. The highest BCUT2D eigenvalue weighted by molar-refractivity contribution is 9.10. The summed E-state index contributed by atoms with van der Waals surface area (Å²) < 4.78 is 12.6. The molecule has 22 heavy (non-hydrogen) atoms. The van der Waals surface area contributed by atoms with Gasteiger partial charge in [0.1, 0.15) is 11.5 Å². The maximum atomic E-state index is 5.94. The smallest absolute Gasteiger partial charge is 0.126 e. The van der Waals surface area contributed by atoms with Gasteiger partial charge in [0.15, 0.2) is 0 Å². The lowest BCUT2D eigenvalue weighted by Gasteiger charge is -2.22. The maximum absolute atomic E-state index is 5.94. The first-order valence-electron chi connectivity index (χ1n) is 7.49. The van der Waals surface area contributed by atoms with Gasteiger partial charge in [-0.25, -0.2) is 0 Å². The van der Waals surface area contributed by atoms with Crippen molar-refractivity contribution < 1.29 is 9.47 Å². The van der Waals surface area contributed by atoms with Gasteiger partial charge in [-0.1, -0.05) is 28.6 Å². The lowest BCUT2D eigenvalue weighted by molar-refractivity contribution is 0.236. The van der Waals surface area contributed by atoms with Crippen molar-refractivity contribution in [2.24, 2.45) is 0 Å². The minimum Gasteiger partial charge on any atom is -0.493 e. The van der Waals surface area contributed by atoms with E-state index in [0.29, 0.717) is 12.4 Å².